The highest BCUT2D eigenvalue weighted by molar-refractivity contribution is 9.11. The fraction of sp³-hybridized carbons (Fsp3) is 0.176. The Morgan fingerprint density at radius 3 is 2.58 bits per heavy atom. The molecule has 24 heavy (non-hydrogen) atoms. The van der Waals surface area contributed by atoms with Crippen LogP contribution in [0, 0.1) is 0 Å². The number of halogens is 1. The highest BCUT2D eigenvalue weighted by Gasteiger charge is 2.16. The van der Waals surface area contributed by atoms with Gasteiger partial charge in [0.15, 0.2) is 6.54 Å². The molecule has 0 aliphatic carbocycles. The van der Waals surface area contributed by atoms with Gasteiger partial charge >= 0.3 is 6.03 Å². The second kappa shape index (κ2) is 9.36. The lowest BCUT2D eigenvalue weighted by Gasteiger charge is -2.16. The lowest BCUT2D eigenvalue weighted by Crippen LogP contribution is -3.11. The fourth-order valence-corrected chi connectivity index (χ4v) is 3.74. The molecule has 0 aliphatic heterocycles. The van der Waals surface area contributed by atoms with E-state index in [1.807, 2.05) is 30.3 Å². The van der Waals surface area contributed by atoms with Crippen molar-refractivity contribution in [3.05, 3.63) is 63.8 Å². The number of rotatable bonds is 7. The van der Waals surface area contributed by atoms with E-state index in [4.69, 9.17) is 0 Å². The summed E-state index contributed by atoms with van der Waals surface area (Å²) in [7, 11) is 0. The van der Waals surface area contributed by atoms with Crippen LogP contribution in [-0.4, -0.2) is 25.0 Å². The number of hydrogen-bond acceptors (Lipinski definition) is 3. The maximum atomic E-state index is 12.1. The minimum Gasteiger partial charge on any atom is -0.319 e. The average Bonchev–Trinajstić information content (AvgIpc) is 2.93. The van der Waals surface area contributed by atoms with E-state index in [-0.39, 0.29) is 12.5 Å². The minimum atomic E-state index is -0.525. The van der Waals surface area contributed by atoms with Crippen LogP contribution in [0.1, 0.15) is 4.88 Å². The number of nitrogens with one attached hydrogen (secondary N) is 3. The van der Waals surface area contributed by atoms with Crippen LogP contribution < -0.4 is 15.5 Å². The van der Waals surface area contributed by atoms with E-state index in [1.165, 1.54) is 4.88 Å². The molecule has 0 spiro atoms. The molecule has 1 unspecified atom stereocenters. The fourth-order valence-electron chi connectivity index (χ4n) is 2.19. The van der Waals surface area contributed by atoms with Gasteiger partial charge in [-0.3, -0.25) is 10.1 Å². The molecule has 7 heteroatoms. The minimum absolute atomic E-state index is 0.198. The molecule has 126 valence electrons. The molecule has 5 nitrogen and oxygen atoms in total. The second-order valence-electron chi connectivity index (χ2n) is 5.17. The zero-order chi connectivity index (χ0) is 17.4. The first-order valence-electron chi connectivity index (χ1n) is 7.41. The molecule has 2 aromatic rings. The molecule has 0 saturated carbocycles. The van der Waals surface area contributed by atoms with Crippen LogP contribution in [0.4, 0.5) is 10.5 Å². The Labute approximate surface area is 153 Å². The number of carbonyl (C=O) groups excluding carboxylic acids is 2. The van der Waals surface area contributed by atoms with E-state index in [9.17, 15) is 9.59 Å². The molecular formula is C17H19BrN3O2S+. The Hall–Kier alpha value is -1.96. The van der Waals surface area contributed by atoms with Crippen molar-refractivity contribution in [2.45, 2.75) is 6.54 Å². The number of imide groups is 1. The summed E-state index contributed by atoms with van der Waals surface area (Å²) in [4.78, 5) is 26.1. The summed E-state index contributed by atoms with van der Waals surface area (Å²) < 4.78 is 1.06. The van der Waals surface area contributed by atoms with Crippen LogP contribution in [0.3, 0.4) is 0 Å². The Bertz CT molecular complexity index is 703. The van der Waals surface area contributed by atoms with Crippen LogP contribution in [0.25, 0.3) is 0 Å². The van der Waals surface area contributed by atoms with Crippen molar-refractivity contribution in [3.63, 3.8) is 0 Å². The van der Waals surface area contributed by atoms with Crippen molar-refractivity contribution in [1.29, 1.82) is 0 Å². The number of urea groups is 1. The Kier molecular flexibility index (Phi) is 7.17. The lowest BCUT2D eigenvalue weighted by atomic mass is 10.3. The number of para-hydroxylation sites is 1. The Morgan fingerprint density at radius 1 is 1.21 bits per heavy atom. The first-order valence-corrected chi connectivity index (χ1v) is 9.02. The second-order valence-corrected chi connectivity index (χ2v) is 7.72. The van der Waals surface area contributed by atoms with Crippen molar-refractivity contribution in [1.82, 2.24) is 5.32 Å². The number of carbonyl (C=O) groups is 2. The molecule has 3 amide bonds. The maximum Gasteiger partial charge on any atom is 0.326 e. The van der Waals surface area contributed by atoms with Gasteiger partial charge in [0.25, 0.3) is 5.91 Å². The molecule has 0 fully saturated rings. The van der Waals surface area contributed by atoms with Gasteiger partial charge in [-0.15, -0.1) is 11.3 Å². The predicted octanol–water partition coefficient (Wildman–Crippen LogP) is 2.43. The zero-order valence-electron chi connectivity index (χ0n) is 13.0. The van der Waals surface area contributed by atoms with Crippen LogP contribution in [0.5, 0.6) is 0 Å². The first kappa shape index (κ1) is 18.4. The number of hydrogen-bond donors (Lipinski definition) is 3. The molecule has 3 N–H and O–H groups in total. The SMILES string of the molecule is C=CC[NH+](CC(=O)NC(=O)Nc1ccccc1)Cc1ccc(Br)s1. The molecule has 0 saturated heterocycles. The molecule has 1 aromatic heterocycles. The highest BCUT2D eigenvalue weighted by Crippen LogP contribution is 2.21. The first-order chi connectivity index (χ1) is 11.6. The maximum absolute atomic E-state index is 12.1. The van der Waals surface area contributed by atoms with Gasteiger partial charge in [0.2, 0.25) is 0 Å². The number of quaternary nitrogens is 1. The summed E-state index contributed by atoms with van der Waals surface area (Å²) in [6.45, 7) is 5.28. The molecule has 1 aromatic carbocycles. The van der Waals surface area contributed by atoms with Gasteiger partial charge in [-0.1, -0.05) is 24.8 Å². The molecular weight excluding hydrogens is 390 g/mol. The van der Waals surface area contributed by atoms with E-state index in [0.717, 1.165) is 8.69 Å². The van der Waals surface area contributed by atoms with Gasteiger partial charge in [-0.25, -0.2) is 4.79 Å². The summed E-state index contributed by atoms with van der Waals surface area (Å²) >= 11 is 5.07. The third-order valence-corrected chi connectivity index (χ3v) is 4.80. The van der Waals surface area contributed by atoms with Gasteiger partial charge < -0.3 is 10.2 Å². The number of anilines is 1. The van der Waals surface area contributed by atoms with Crippen molar-refractivity contribution < 1.29 is 14.5 Å². The van der Waals surface area contributed by atoms with Crippen LogP contribution in [0.2, 0.25) is 0 Å². The van der Waals surface area contributed by atoms with Crippen LogP contribution in [0.15, 0.2) is 58.9 Å². The highest BCUT2D eigenvalue weighted by atomic mass is 79.9. The molecule has 0 radical (unpaired) electrons. The zero-order valence-corrected chi connectivity index (χ0v) is 15.5. The van der Waals surface area contributed by atoms with E-state index in [2.05, 4.69) is 33.1 Å². The van der Waals surface area contributed by atoms with Crippen molar-refractivity contribution >= 4 is 44.9 Å². The van der Waals surface area contributed by atoms with E-state index >= 15 is 0 Å². The summed E-state index contributed by atoms with van der Waals surface area (Å²) in [5, 5.41) is 4.98. The largest absolute Gasteiger partial charge is 0.326 e. The number of thiophene rings is 1. The van der Waals surface area contributed by atoms with Gasteiger partial charge in [-0.2, -0.15) is 0 Å². The third-order valence-electron chi connectivity index (χ3n) is 3.18. The lowest BCUT2D eigenvalue weighted by molar-refractivity contribution is -0.899. The van der Waals surface area contributed by atoms with E-state index in [1.54, 1.807) is 29.5 Å². The summed E-state index contributed by atoms with van der Waals surface area (Å²) in [5.74, 6) is -0.323. The average molecular weight is 409 g/mol. The van der Waals surface area contributed by atoms with Gasteiger partial charge in [0.1, 0.15) is 6.54 Å². The monoisotopic (exact) mass is 408 g/mol. The summed E-state index contributed by atoms with van der Waals surface area (Å²) in [6, 6.07) is 12.5. The van der Waals surface area contributed by atoms with Crippen LogP contribution >= 0.6 is 27.3 Å². The quantitative estimate of drug-likeness (QED) is 0.616. The van der Waals surface area contributed by atoms with E-state index in [0.29, 0.717) is 18.8 Å². The van der Waals surface area contributed by atoms with Gasteiger partial charge in [0.05, 0.1) is 15.2 Å². The van der Waals surface area contributed by atoms with Crippen molar-refractivity contribution in [3.8, 4) is 0 Å². The van der Waals surface area contributed by atoms with Crippen molar-refractivity contribution in [2.75, 3.05) is 18.4 Å². The Balaban J connectivity index is 1.85. The van der Waals surface area contributed by atoms with Crippen molar-refractivity contribution in [2.24, 2.45) is 0 Å². The van der Waals surface area contributed by atoms with Gasteiger partial charge in [0, 0.05) is 5.69 Å². The Morgan fingerprint density at radius 2 is 1.96 bits per heavy atom. The molecule has 1 heterocycles. The predicted molar refractivity (Wildman–Crippen MR) is 100 cm³/mol. The molecule has 0 aliphatic rings. The topological polar surface area (TPSA) is 62.6 Å². The number of amides is 3. The molecule has 2 rings (SSSR count). The summed E-state index contributed by atoms with van der Waals surface area (Å²) in [5.41, 5.74) is 0.640. The normalized spacial score (nSPS) is 11.5. The third kappa shape index (κ3) is 6.27. The van der Waals surface area contributed by atoms with E-state index < -0.39 is 6.03 Å². The van der Waals surface area contributed by atoms with Gasteiger partial charge in [-0.05, 0) is 46.3 Å². The number of benzene rings is 1. The smallest absolute Gasteiger partial charge is 0.319 e. The standard InChI is InChI=1S/C17H18BrN3O2S/c1-2-10-21(11-14-8-9-15(18)24-14)12-16(22)20-17(23)19-13-6-4-3-5-7-13/h2-9H,1,10-12H2,(H2,19,20,22,23)/p+1. The summed E-state index contributed by atoms with van der Waals surface area (Å²) in [6.07, 6.45) is 1.77. The molecule has 0 bridgehead atoms. The van der Waals surface area contributed by atoms with Crippen LogP contribution in [-0.2, 0) is 11.3 Å². The molecule has 1 atom stereocenters.